The number of guanidine groups is 1. The van der Waals surface area contributed by atoms with Crippen LogP contribution in [0.3, 0.4) is 0 Å². The van der Waals surface area contributed by atoms with Gasteiger partial charge in [-0.3, -0.25) is 0 Å². The van der Waals surface area contributed by atoms with Gasteiger partial charge in [-0.25, -0.2) is 9.78 Å². The van der Waals surface area contributed by atoms with E-state index in [1.165, 1.54) is 11.3 Å². The van der Waals surface area contributed by atoms with Crippen molar-refractivity contribution in [3.05, 3.63) is 83.1 Å². The first kappa shape index (κ1) is 17.9. The van der Waals surface area contributed by atoms with Crippen LogP contribution in [0.15, 0.2) is 76.8 Å². The van der Waals surface area contributed by atoms with Crippen molar-refractivity contribution in [2.75, 3.05) is 0 Å². The van der Waals surface area contributed by atoms with Gasteiger partial charge in [-0.2, -0.15) is 4.99 Å². The van der Waals surface area contributed by atoms with Gasteiger partial charge in [0.25, 0.3) is 0 Å². The molecule has 6 nitrogen and oxygen atoms in total. The summed E-state index contributed by atoms with van der Waals surface area (Å²) in [5.74, 6) is 0.253. The second-order valence-electron chi connectivity index (χ2n) is 6.35. The van der Waals surface area contributed by atoms with Crippen molar-refractivity contribution in [3.63, 3.8) is 0 Å². The number of fused-ring (bicyclic) bond motifs is 1. The molecule has 0 saturated heterocycles. The Morgan fingerprint density at radius 1 is 1.18 bits per heavy atom. The highest BCUT2D eigenvalue weighted by Crippen LogP contribution is 2.31. The summed E-state index contributed by atoms with van der Waals surface area (Å²) < 4.78 is 5.53. The maximum Gasteiger partial charge on any atom is 0.343 e. The second-order valence-corrected chi connectivity index (χ2v) is 7.19. The Hall–Kier alpha value is -3.45. The van der Waals surface area contributed by atoms with Gasteiger partial charge < -0.3 is 16.2 Å². The number of hydrogen-bond donors (Lipinski definition) is 2. The highest BCUT2D eigenvalue weighted by atomic mass is 32.1. The fraction of sp³-hybridized carbons (Fsp3) is 0.0952. The van der Waals surface area contributed by atoms with Crippen LogP contribution in [0, 0.1) is 0 Å². The minimum absolute atomic E-state index is 0.0112. The van der Waals surface area contributed by atoms with Crippen molar-refractivity contribution in [1.82, 2.24) is 4.98 Å². The molecule has 1 aliphatic carbocycles. The van der Waals surface area contributed by atoms with Crippen molar-refractivity contribution < 1.29 is 9.53 Å². The van der Waals surface area contributed by atoms with Crippen LogP contribution >= 0.6 is 11.3 Å². The molecule has 0 radical (unpaired) electrons. The highest BCUT2D eigenvalue weighted by Gasteiger charge is 2.17. The third-order valence-electron chi connectivity index (χ3n) is 4.38. The van der Waals surface area contributed by atoms with Crippen LogP contribution in [0.4, 0.5) is 5.13 Å². The molecule has 28 heavy (non-hydrogen) atoms. The summed E-state index contributed by atoms with van der Waals surface area (Å²) in [6.45, 7) is 0. The highest BCUT2D eigenvalue weighted by molar-refractivity contribution is 7.13. The summed E-state index contributed by atoms with van der Waals surface area (Å²) >= 11 is 1.38. The first-order chi connectivity index (χ1) is 13.6. The topological polar surface area (TPSA) is 104 Å². The Balaban J connectivity index is 1.42. The monoisotopic (exact) mass is 390 g/mol. The van der Waals surface area contributed by atoms with E-state index in [-0.39, 0.29) is 17.8 Å². The largest absolute Gasteiger partial charge is 0.423 e. The van der Waals surface area contributed by atoms with Gasteiger partial charge >= 0.3 is 5.97 Å². The number of nitrogens with two attached hydrogens (primary N) is 2. The number of carbonyl (C=O) groups excluding carboxylic acids is 1. The average Bonchev–Trinajstić information content (AvgIpc) is 3.16. The van der Waals surface area contributed by atoms with Crippen molar-refractivity contribution in [3.8, 4) is 0 Å². The van der Waals surface area contributed by atoms with E-state index in [2.05, 4.69) is 9.98 Å². The molecule has 1 unspecified atom stereocenters. The van der Waals surface area contributed by atoms with Crippen molar-refractivity contribution in [2.45, 2.75) is 12.3 Å². The number of aromatic nitrogens is 1. The van der Waals surface area contributed by atoms with Crippen LogP contribution in [0.5, 0.6) is 0 Å². The zero-order chi connectivity index (χ0) is 19.5. The van der Waals surface area contributed by atoms with Gasteiger partial charge in [0.2, 0.25) is 5.13 Å². The summed E-state index contributed by atoms with van der Waals surface area (Å²) in [6.07, 6.45) is 6.34. The maximum atomic E-state index is 12.5. The second kappa shape index (κ2) is 7.66. The quantitative estimate of drug-likeness (QED) is 0.398. The Bertz CT molecular complexity index is 1130. The first-order valence-electron chi connectivity index (χ1n) is 8.73. The molecule has 4 N–H and O–H groups in total. The number of ether oxygens (including phenoxy) is 1. The van der Waals surface area contributed by atoms with E-state index >= 15 is 0 Å². The number of aliphatic imine (C=N–C) groups is 1. The molecule has 0 amide bonds. The van der Waals surface area contributed by atoms with Crippen LogP contribution in [-0.2, 0) is 4.74 Å². The zero-order valence-electron chi connectivity index (χ0n) is 14.9. The lowest BCUT2D eigenvalue weighted by molar-refractivity contribution is 0.0635. The third kappa shape index (κ3) is 3.94. The zero-order valence-corrected chi connectivity index (χ0v) is 15.7. The molecule has 1 aliphatic rings. The van der Waals surface area contributed by atoms with Gasteiger partial charge in [-0.05, 0) is 41.5 Å². The number of thiazole rings is 1. The standard InChI is InChI=1S/C21H18N4O2S/c22-20(23)25-21-24-18(12-28-21)14-7-9-17(10-8-14)27-19(26)16-6-5-13-3-1-2-4-15(13)11-16/h1-7,9-12,14H,8H2,(H4,22,23,24,25). The number of benzene rings is 2. The number of nitrogens with zero attached hydrogens (tertiary/aromatic N) is 2. The fourth-order valence-electron chi connectivity index (χ4n) is 2.99. The van der Waals surface area contributed by atoms with Crippen LogP contribution < -0.4 is 11.5 Å². The molecular weight excluding hydrogens is 372 g/mol. The first-order valence-corrected chi connectivity index (χ1v) is 9.61. The molecule has 0 fully saturated rings. The van der Waals surface area contributed by atoms with Gasteiger partial charge in [0.1, 0.15) is 5.76 Å². The number of carbonyl (C=O) groups is 1. The predicted molar refractivity (Wildman–Crippen MR) is 112 cm³/mol. The molecule has 1 heterocycles. The van der Waals surface area contributed by atoms with Gasteiger partial charge in [0.15, 0.2) is 5.96 Å². The molecule has 7 heteroatoms. The summed E-state index contributed by atoms with van der Waals surface area (Å²) in [6, 6.07) is 13.4. The third-order valence-corrected chi connectivity index (χ3v) is 5.13. The molecule has 0 bridgehead atoms. The van der Waals surface area contributed by atoms with Crippen molar-refractivity contribution in [2.24, 2.45) is 16.5 Å². The van der Waals surface area contributed by atoms with Crippen LogP contribution in [0.2, 0.25) is 0 Å². The SMILES string of the molecule is NC(N)=Nc1nc(C2C=CC(OC(=O)c3ccc4ccccc4c3)=CC2)cs1. The molecule has 140 valence electrons. The average molecular weight is 390 g/mol. The fourth-order valence-corrected chi connectivity index (χ4v) is 3.76. The Kier molecular flexibility index (Phi) is 4.90. The Morgan fingerprint density at radius 3 is 2.75 bits per heavy atom. The van der Waals surface area contributed by atoms with E-state index in [0.29, 0.717) is 22.9 Å². The lowest BCUT2D eigenvalue weighted by Crippen LogP contribution is -2.21. The molecular formula is C21H18N4O2S. The molecule has 1 atom stereocenters. The number of hydrogen-bond acceptors (Lipinski definition) is 5. The van der Waals surface area contributed by atoms with E-state index < -0.39 is 0 Å². The number of rotatable bonds is 4. The summed E-state index contributed by atoms with van der Waals surface area (Å²) in [4.78, 5) is 20.8. The van der Waals surface area contributed by atoms with Crippen LogP contribution in [-0.4, -0.2) is 16.9 Å². The smallest absolute Gasteiger partial charge is 0.343 e. The van der Waals surface area contributed by atoms with E-state index in [1.807, 2.05) is 53.9 Å². The van der Waals surface area contributed by atoms with E-state index in [1.54, 1.807) is 12.1 Å². The van der Waals surface area contributed by atoms with E-state index in [0.717, 1.165) is 16.5 Å². The van der Waals surface area contributed by atoms with Crippen molar-refractivity contribution in [1.29, 1.82) is 0 Å². The Labute approximate surface area is 165 Å². The van der Waals surface area contributed by atoms with Gasteiger partial charge in [-0.1, -0.05) is 36.4 Å². The molecule has 1 aromatic heterocycles. The van der Waals surface area contributed by atoms with E-state index in [9.17, 15) is 4.79 Å². The minimum Gasteiger partial charge on any atom is -0.423 e. The molecule has 0 aliphatic heterocycles. The number of esters is 1. The van der Waals surface area contributed by atoms with E-state index in [4.69, 9.17) is 16.2 Å². The van der Waals surface area contributed by atoms with Gasteiger partial charge in [0, 0.05) is 11.3 Å². The number of allylic oxidation sites excluding steroid dienone is 3. The van der Waals surface area contributed by atoms with Crippen LogP contribution in [0.25, 0.3) is 10.8 Å². The lowest BCUT2D eigenvalue weighted by Gasteiger charge is -2.14. The summed E-state index contributed by atoms with van der Waals surface area (Å²) in [7, 11) is 0. The molecule has 4 rings (SSSR count). The normalized spacial score (nSPS) is 15.9. The lowest BCUT2D eigenvalue weighted by atomic mass is 9.97. The Morgan fingerprint density at radius 2 is 2.00 bits per heavy atom. The molecule has 0 saturated carbocycles. The summed E-state index contributed by atoms with van der Waals surface area (Å²) in [5, 5.41) is 4.55. The summed E-state index contributed by atoms with van der Waals surface area (Å²) in [5.41, 5.74) is 12.2. The van der Waals surface area contributed by atoms with Crippen LogP contribution in [0.1, 0.15) is 28.4 Å². The van der Waals surface area contributed by atoms with Crippen molar-refractivity contribution >= 4 is 39.2 Å². The maximum absolute atomic E-state index is 12.5. The predicted octanol–water partition coefficient (Wildman–Crippen LogP) is 3.99. The van der Waals surface area contributed by atoms with Gasteiger partial charge in [0.05, 0.1) is 11.3 Å². The molecule has 2 aromatic carbocycles. The molecule has 3 aromatic rings. The molecule has 0 spiro atoms. The van der Waals surface area contributed by atoms with Gasteiger partial charge in [-0.15, -0.1) is 11.3 Å². The minimum atomic E-state index is -0.371.